The molecule has 0 aliphatic carbocycles. The zero-order chi connectivity index (χ0) is 22.8. The number of piperazine rings is 1. The first-order chi connectivity index (χ1) is 15.9. The number of carbonyl (C=O) groups is 1. The van der Waals surface area contributed by atoms with Crippen LogP contribution in [0, 0.1) is 0 Å². The topological polar surface area (TPSA) is 79.4 Å². The molecule has 4 aliphatic rings. The van der Waals surface area contributed by atoms with Gasteiger partial charge in [0.25, 0.3) is 0 Å². The Morgan fingerprint density at radius 2 is 1.91 bits per heavy atom. The van der Waals surface area contributed by atoms with E-state index in [1.54, 1.807) is 0 Å². The van der Waals surface area contributed by atoms with Crippen LogP contribution in [0.15, 0.2) is 18.2 Å². The van der Waals surface area contributed by atoms with Gasteiger partial charge in [0.2, 0.25) is 5.91 Å². The highest BCUT2D eigenvalue weighted by molar-refractivity contribution is 7.91. The molecule has 0 bridgehead atoms. The Hall–Kier alpha value is -1.68. The quantitative estimate of drug-likeness (QED) is 0.578. The Kier molecular flexibility index (Phi) is 6.92. The van der Waals surface area contributed by atoms with E-state index in [4.69, 9.17) is 9.47 Å². The first-order valence-electron chi connectivity index (χ1n) is 12.3. The summed E-state index contributed by atoms with van der Waals surface area (Å²) in [5.74, 6) is 1.33. The summed E-state index contributed by atoms with van der Waals surface area (Å²) in [6.45, 7) is 6.83. The van der Waals surface area contributed by atoms with Crippen LogP contribution in [0.5, 0.6) is 5.75 Å². The molecule has 5 rings (SSSR count). The van der Waals surface area contributed by atoms with Crippen LogP contribution in [0.4, 0.5) is 0 Å². The number of fused-ring (bicyclic) bond motifs is 1. The molecule has 4 heterocycles. The molecule has 0 spiro atoms. The molecule has 1 aromatic rings. The second-order valence-electron chi connectivity index (χ2n) is 9.83. The van der Waals surface area contributed by atoms with Crippen molar-refractivity contribution in [2.75, 3.05) is 64.0 Å². The number of amides is 1. The Bertz CT molecular complexity index is 955. The van der Waals surface area contributed by atoms with Gasteiger partial charge < -0.3 is 14.4 Å². The lowest BCUT2D eigenvalue weighted by Gasteiger charge is -2.37. The molecule has 0 radical (unpaired) electrons. The van der Waals surface area contributed by atoms with E-state index in [1.165, 1.54) is 11.1 Å². The van der Waals surface area contributed by atoms with Crippen LogP contribution in [-0.4, -0.2) is 105 Å². The highest BCUT2D eigenvalue weighted by Gasteiger charge is 2.37. The molecule has 8 nitrogen and oxygen atoms in total. The molecule has 3 fully saturated rings. The minimum atomic E-state index is -3.04. The summed E-state index contributed by atoms with van der Waals surface area (Å²) in [7, 11) is -3.04. The standard InChI is InChI=1S/C24H35N3O5S/c28-24(27(16-22-2-1-11-31-22)21-6-13-33(29,30)18-21)17-26-9-7-25(8-10-26)15-19-3-4-23-20(14-19)5-12-32-23/h3-4,14,21-22H,1-2,5-13,15-18H2. The molecule has 3 saturated heterocycles. The average molecular weight is 478 g/mol. The lowest BCUT2D eigenvalue weighted by Crippen LogP contribution is -2.52. The SMILES string of the molecule is O=C(CN1CCN(Cc2ccc3c(c2)CCO3)CC1)N(CC1CCCO1)C1CCS(=O)(=O)C1. The van der Waals surface area contributed by atoms with E-state index in [0.29, 0.717) is 19.5 Å². The average Bonchev–Trinajstić information content (AvgIpc) is 3.54. The van der Waals surface area contributed by atoms with Crippen molar-refractivity contribution in [3.63, 3.8) is 0 Å². The smallest absolute Gasteiger partial charge is 0.237 e. The molecule has 9 heteroatoms. The van der Waals surface area contributed by atoms with Crippen LogP contribution >= 0.6 is 0 Å². The largest absolute Gasteiger partial charge is 0.493 e. The number of ether oxygens (including phenoxy) is 2. The van der Waals surface area contributed by atoms with E-state index in [9.17, 15) is 13.2 Å². The van der Waals surface area contributed by atoms with Crippen molar-refractivity contribution >= 4 is 15.7 Å². The monoisotopic (exact) mass is 477 g/mol. The van der Waals surface area contributed by atoms with Crippen molar-refractivity contribution in [3.8, 4) is 5.75 Å². The minimum Gasteiger partial charge on any atom is -0.493 e. The Morgan fingerprint density at radius 3 is 2.64 bits per heavy atom. The number of hydrogen-bond donors (Lipinski definition) is 0. The van der Waals surface area contributed by atoms with E-state index in [-0.39, 0.29) is 29.6 Å². The van der Waals surface area contributed by atoms with Gasteiger partial charge in [-0.15, -0.1) is 0 Å². The lowest BCUT2D eigenvalue weighted by atomic mass is 10.1. The molecule has 4 aliphatic heterocycles. The van der Waals surface area contributed by atoms with Crippen LogP contribution in [0.25, 0.3) is 0 Å². The summed E-state index contributed by atoms with van der Waals surface area (Å²) < 4.78 is 35.5. The van der Waals surface area contributed by atoms with E-state index < -0.39 is 9.84 Å². The van der Waals surface area contributed by atoms with Crippen molar-refractivity contribution < 1.29 is 22.7 Å². The molecule has 0 aromatic heterocycles. The van der Waals surface area contributed by atoms with Gasteiger partial charge in [0.05, 0.1) is 30.8 Å². The van der Waals surface area contributed by atoms with E-state index >= 15 is 0 Å². The van der Waals surface area contributed by atoms with Crippen molar-refractivity contribution in [1.29, 1.82) is 0 Å². The number of hydrogen-bond acceptors (Lipinski definition) is 7. The zero-order valence-electron chi connectivity index (χ0n) is 19.3. The fraction of sp³-hybridized carbons (Fsp3) is 0.708. The van der Waals surface area contributed by atoms with Gasteiger partial charge >= 0.3 is 0 Å². The van der Waals surface area contributed by atoms with Crippen LogP contribution in [0.3, 0.4) is 0 Å². The maximum atomic E-state index is 13.3. The third-order valence-corrected chi connectivity index (χ3v) is 9.13. The molecule has 0 saturated carbocycles. The van der Waals surface area contributed by atoms with Gasteiger partial charge in [0, 0.05) is 58.3 Å². The van der Waals surface area contributed by atoms with E-state index in [1.807, 2.05) is 4.90 Å². The number of carbonyl (C=O) groups excluding carboxylic acids is 1. The van der Waals surface area contributed by atoms with Crippen molar-refractivity contribution in [1.82, 2.24) is 14.7 Å². The molecule has 2 atom stereocenters. The van der Waals surface area contributed by atoms with E-state index in [0.717, 1.165) is 70.9 Å². The van der Waals surface area contributed by atoms with Crippen LogP contribution in [0.2, 0.25) is 0 Å². The third kappa shape index (κ3) is 5.70. The second-order valence-corrected chi connectivity index (χ2v) is 12.1. The Morgan fingerprint density at radius 1 is 1.09 bits per heavy atom. The summed E-state index contributed by atoms with van der Waals surface area (Å²) in [6, 6.07) is 6.28. The molecule has 1 amide bonds. The number of nitrogens with zero attached hydrogens (tertiary/aromatic N) is 3. The Balaban J connectivity index is 1.14. The fourth-order valence-electron chi connectivity index (χ4n) is 5.47. The van der Waals surface area contributed by atoms with Gasteiger partial charge in [0.15, 0.2) is 9.84 Å². The number of sulfone groups is 1. The number of rotatable bonds is 7. The predicted molar refractivity (Wildman–Crippen MR) is 125 cm³/mol. The summed E-state index contributed by atoms with van der Waals surface area (Å²) in [5.41, 5.74) is 2.62. The van der Waals surface area contributed by atoms with E-state index in [2.05, 4.69) is 28.0 Å². The maximum absolute atomic E-state index is 13.3. The molecule has 2 unspecified atom stereocenters. The van der Waals surface area contributed by atoms with Crippen LogP contribution in [0.1, 0.15) is 30.4 Å². The van der Waals surface area contributed by atoms with Crippen LogP contribution in [-0.2, 0) is 32.3 Å². The molecule has 1 aromatic carbocycles. The molecule has 182 valence electrons. The van der Waals surface area contributed by atoms with Crippen molar-refractivity contribution in [2.45, 2.75) is 44.4 Å². The van der Waals surface area contributed by atoms with Gasteiger partial charge in [-0.05, 0) is 36.5 Å². The fourth-order valence-corrected chi connectivity index (χ4v) is 7.20. The van der Waals surface area contributed by atoms with Gasteiger partial charge in [-0.2, -0.15) is 0 Å². The normalized spacial score (nSPS) is 27.4. The van der Waals surface area contributed by atoms with Gasteiger partial charge in [-0.25, -0.2) is 8.42 Å². The molecule has 0 N–H and O–H groups in total. The summed E-state index contributed by atoms with van der Waals surface area (Å²) in [5, 5.41) is 0. The Labute approximate surface area is 196 Å². The van der Waals surface area contributed by atoms with Crippen molar-refractivity contribution in [3.05, 3.63) is 29.3 Å². The number of benzene rings is 1. The van der Waals surface area contributed by atoms with Gasteiger partial charge in [-0.3, -0.25) is 14.6 Å². The lowest BCUT2D eigenvalue weighted by molar-refractivity contribution is -0.136. The third-order valence-electron chi connectivity index (χ3n) is 7.38. The van der Waals surface area contributed by atoms with Crippen molar-refractivity contribution in [2.24, 2.45) is 0 Å². The van der Waals surface area contributed by atoms with Crippen LogP contribution < -0.4 is 4.74 Å². The molecule has 33 heavy (non-hydrogen) atoms. The second kappa shape index (κ2) is 9.90. The molecular weight excluding hydrogens is 442 g/mol. The maximum Gasteiger partial charge on any atom is 0.237 e. The zero-order valence-corrected chi connectivity index (χ0v) is 20.1. The summed E-state index contributed by atoms with van der Waals surface area (Å²) >= 11 is 0. The van der Waals surface area contributed by atoms with Gasteiger partial charge in [0.1, 0.15) is 5.75 Å². The minimum absolute atomic E-state index is 0.0341. The first-order valence-corrected chi connectivity index (χ1v) is 14.1. The first kappa shape index (κ1) is 23.1. The highest BCUT2D eigenvalue weighted by Crippen LogP contribution is 2.26. The molecular formula is C24H35N3O5S. The summed E-state index contributed by atoms with van der Waals surface area (Å²) in [6.07, 6.45) is 3.52. The predicted octanol–water partition coefficient (Wildman–Crippen LogP) is 0.934. The van der Waals surface area contributed by atoms with Gasteiger partial charge in [-0.1, -0.05) is 12.1 Å². The summed E-state index contributed by atoms with van der Waals surface area (Å²) in [4.78, 5) is 19.8. The highest BCUT2D eigenvalue weighted by atomic mass is 32.2.